The zero-order valence-electron chi connectivity index (χ0n) is 9.14. The molecule has 1 atom stereocenters. The van der Waals surface area contributed by atoms with Gasteiger partial charge in [-0.15, -0.1) is 0 Å². The quantitative estimate of drug-likeness (QED) is 0.791. The number of aliphatic hydroxyl groups excluding tert-OH is 1. The topological polar surface area (TPSA) is 23.5 Å². The van der Waals surface area contributed by atoms with Crippen LogP contribution in [-0.2, 0) is 0 Å². The van der Waals surface area contributed by atoms with Gasteiger partial charge in [0.15, 0.2) is 6.10 Å². The smallest absolute Gasteiger partial charge is 0.382 e. The molecular formula is C10H18F3NO. The highest BCUT2D eigenvalue weighted by atomic mass is 19.4. The first-order valence-corrected chi connectivity index (χ1v) is 5.30. The lowest BCUT2D eigenvalue weighted by Gasteiger charge is -2.50. The average Bonchev–Trinajstić information content (AvgIpc) is 2.08. The second-order valence-electron chi connectivity index (χ2n) is 4.43. The molecule has 1 unspecified atom stereocenters. The van der Waals surface area contributed by atoms with Crippen LogP contribution in [0.15, 0.2) is 0 Å². The minimum atomic E-state index is -4.49. The van der Waals surface area contributed by atoms with Gasteiger partial charge in [0.1, 0.15) is 0 Å². The molecule has 0 aromatic heterocycles. The monoisotopic (exact) mass is 225 g/mol. The van der Waals surface area contributed by atoms with Crippen LogP contribution in [0, 0.1) is 5.41 Å². The molecule has 1 aliphatic heterocycles. The van der Waals surface area contributed by atoms with E-state index in [1.807, 2.05) is 0 Å². The molecule has 0 spiro atoms. The van der Waals surface area contributed by atoms with Crippen LogP contribution in [-0.4, -0.2) is 41.9 Å². The molecule has 0 saturated carbocycles. The maximum atomic E-state index is 12.0. The molecule has 0 aromatic rings. The van der Waals surface area contributed by atoms with E-state index in [-0.39, 0.29) is 12.0 Å². The van der Waals surface area contributed by atoms with Gasteiger partial charge in [-0.05, 0) is 18.3 Å². The Morgan fingerprint density at radius 1 is 1.27 bits per heavy atom. The Hall–Kier alpha value is -0.290. The first-order chi connectivity index (χ1) is 6.83. The highest BCUT2D eigenvalue weighted by Crippen LogP contribution is 2.37. The predicted molar refractivity (Wildman–Crippen MR) is 51.5 cm³/mol. The second-order valence-corrected chi connectivity index (χ2v) is 4.43. The third-order valence-corrected chi connectivity index (χ3v) is 3.43. The van der Waals surface area contributed by atoms with Crippen molar-refractivity contribution in [3.63, 3.8) is 0 Å². The van der Waals surface area contributed by atoms with Crippen molar-refractivity contribution in [1.29, 1.82) is 0 Å². The van der Waals surface area contributed by atoms with Gasteiger partial charge >= 0.3 is 6.18 Å². The van der Waals surface area contributed by atoms with Gasteiger partial charge in [0, 0.05) is 19.6 Å². The molecule has 1 heterocycles. The van der Waals surface area contributed by atoms with E-state index in [4.69, 9.17) is 5.11 Å². The fraction of sp³-hybridized carbons (Fsp3) is 1.00. The molecule has 0 aromatic carbocycles. The summed E-state index contributed by atoms with van der Waals surface area (Å²) in [4.78, 5) is 1.67. The molecule has 2 nitrogen and oxygen atoms in total. The maximum Gasteiger partial charge on any atom is 0.415 e. The zero-order chi connectivity index (χ0) is 11.7. The second kappa shape index (κ2) is 4.29. The van der Waals surface area contributed by atoms with Crippen molar-refractivity contribution in [3.05, 3.63) is 0 Å². The summed E-state index contributed by atoms with van der Waals surface area (Å²) in [6.45, 7) is 5.17. The molecule has 0 bridgehead atoms. The Kier molecular flexibility index (Phi) is 3.66. The minimum absolute atomic E-state index is 0.186. The van der Waals surface area contributed by atoms with E-state index in [2.05, 4.69) is 13.8 Å². The lowest BCUT2D eigenvalue weighted by atomic mass is 9.75. The van der Waals surface area contributed by atoms with Crippen molar-refractivity contribution >= 4 is 0 Å². The Morgan fingerprint density at radius 3 is 2.07 bits per heavy atom. The normalized spacial score (nSPS) is 23.6. The number of halogens is 3. The van der Waals surface area contributed by atoms with E-state index < -0.39 is 12.3 Å². The summed E-state index contributed by atoms with van der Waals surface area (Å²) in [5.41, 5.74) is 0.186. The number of likely N-dealkylation sites (tertiary alicyclic amines) is 1. The van der Waals surface area contributed by atoms with Crippen LogP contribution in [0.25, 0.3) is 0 Å². The fourth-order valence-electron chi connectivity index (χ4n) is 2.08. The van der Waals surface area contributed by atoms with E-state index in [9.17, 15) is 13.2 Å². The molecule has 1 N–H and O–H groups in total. The van der Waals surface area contributed by atoms with Gasteiger partial charge in [0.05, 0.1) is 0 Å². The van der Waals surface area contributed by atoms with Gasteiger partial charge in [-0.3, -0.25) is 4.90 Å². The van der Waals surface area contributed by atoms with E-state index in [0.29, 0.717) is 13.1 Å². The molecule has 15 heavy (non-hydrogen) atoms. The third-order valence-electron chi connectivity index (χ3n) is 3.43. The molecule has 1 fully saturated rings. The molecule has 1 saturated heterocycles. The number of rotatable bonds is 4. The highest BCUT2D eigenvalue weighted by Gasteiger charge is 2.45. The number of hydrogen-bond acceptors (Lipinski definition) is 2. The van der Waals surface area contributed by atoms with Crippen molar-refractivity contribution in [2.24, 2.45) is 5.41 Å². The summed E-state index contributed by atoms with van der Waals surface area (Å²) < 4.78 is 36.1. The SMILES string of the molecule is CCC1(CC)CN(CC(O)C(F)(F)F)C1. The van der Waals surface area contributed by atoms with Gasteiger partial charge in [0.2, 0.25) is 0 Å². The number of nitrogens with zero attached hydrogens (tertiary/aromatic N) is 1. The summed E-state index contributed by atoms with van der Waals surface area (Å²) in [6, 6.07) is 0. The summed E-state index contributed by atoms with van der Waals surface area (Å²) >= 11 is 0. The van der Waals surface area contributed by atoms with Crippen molar-refractivity contribution in [2.75, 3.05) is 19.6 Å². The van der Waals surface area contributed by atoms with E-state index in [1.165, 1.54) is 0 Å². The Labute approximate surface area is 88.1 Å². The first-order valence-electron chi connectivity index (χ1n) is 5.30. The molecule has 90 valence electrons. The minimum Gasteiger partial charge on any atom is -0.382 e. The predicted octanol–water partition coefficient (Wildman–Crippen LogP) is 2.03. The van der Waals surface area contributed by atoms with E-state index in [0.717, 1.165) is 12.8 Å². The fourth-order valence-corrected chi connectivity index (χ4v) is 2.08. The van der Waals surface area contributed by atoms with Gasteiger partial charge < -0.3 is 5.11 Å². The van der Waals surface area contributed by atoms with Crippen molar-refractivity contribution in [1.82, 2.24) is 4.90 Å². The van der Waals surface area contributed by atoms with Crippen LogP contribution in [0.5, 0.6) is 0 Å². The largest absolute Gasteiger partial charge is 0.415 e. The molecule has 1 aliphatic rings. The van der Waals surface area contributed by atoms with Crippen molar-refractivity contribution in [3.8, 4) is 0 Å². The molecular weight excluding hydrogens is 207 g/mol. The Bertz CT molecular complexity index is 205. The zero-order valence-corrected chi connectivity index (χ0v) is 9.14. The molecule has 0 amide bonds. The molecule has 0 aliphatic carbocycles. The Morgan fingerprint density at radius 2 is 1.73 bits per heavy atom. The number of alkyl halides is 3. The highest BCUT2D eigenvalue weighted by molar-refractivity contribution is 4.94. The number of β-amino-alcohol motifs (C(OH)–C–C–N with tert-alkyl or cyclic N) is 1. The van der Waals surface area contributed by atoms with Gasteiger partial charge in [-0.2, -0.15) is 13.2 Å². The third kappa shape index (κ3) is 2.84. The van der Waals surface area contributed by atoms with Crippen LogP contribution in [0.1, 0.15) is 26.7 Å². The summed E-state index contributed by atoms with van der Waals surface area (Å²) in [5.74, 6) is 0. The van der Waals surface area contributed by atoms with Gasteiger partial charge in [-0.25, -0.2) is 0 Å². The average molecular weight is 225 g/mol. The summed E-state index contributed by atoms with van der Waals surface area (Å²) in [6.07, 6.45) is -4.72. The van der Waals surface area contributed by atoms with Gasteiger partial charge in [0.25, 0.3) is 0 Å². The lowest BCUT2D eigenvalue weighted by Crippen LogP contribution is -2.58. The van der Waals surface area contributed by atoms with Crippen LogP contribution < -0.4 is 0 Å². The van der Waals surface area contributed by atoms with E-state index >= 15 is 0 Å². The summed E-state index contributed by atoms with van der Waals surface area (Å²) in [7, 11) is 0. The van der Waals surface area contributed by atoms with Crippen molar-refractivity contribution in [2.45, 2.75) is 39.0 Å². The van der Waals surface area contributed by atoms with Crippen LogP contribution in [0.3, 0.4) is 0 Å². The van der Waals surface area contributed by atoms with Crippen LogP contribution >= 0.6 is 0 Å². The summed E-state index contributed by atoms with van der Waals surface area (Å²) in [5, 5.41) is 8.87. The first kappa shape index (κ1) is 12.8. The standard InChI is InChI=1S/C10H18F3NO/c1-3-9(4-2)6-14(7-9)5-8(15)10(11,12)13/h8,15H,3-7H2,1-2H3. The maximum absolute atomic E-state index is 12.0. The van der Waals surface area contributed by atoms with Crippen molar-refractivity contribution < 1.29 is 18.3 Å². The lowest BCUT2D eigenvalue weighted by molar-refractivity contribution is -0.214. The number of aliphatic hydroxyl groups is 1. The van der Waals surface area contributed by atoms with Gasteiger partial charge in [-0.1, -0.05) is 13.8 Å². The molecule has 1 rings (SSSR count). The number of hydrogen-bond donors (Lipinski definition) is 1. The van der Waals surface area contributed by atoms with Crippen LogP contribution in [0.4, 0.5) is 13.2 Å². The molecule has 5 heteroatoms. The van der Waals surface area contributed by atoms with Crippen LogP contribution in [0.2, 0.25) is 0 Å². The van der Waals surface area contributed by atoms with E-state index in [1.54, 1.807) is 4.90 Å². The Balaban J connectivity index is 2.34. The molecule has 0 radical (unpaired) electrons.